The quantitative estimate of drug-likeness (QED) is 0.826. The van der Waals surface area contributed by atoms with Crippen LogP contribution in [-0.2, 0) is 4.74 Å². The van der Waals surface area contributed by atoms with Crippen LogP contribution < -0.4 is 10.6 Å². The van der Waals surface area contributed by atoms with Crippen molar-refractivity contribution in [1.82, 2.24) is 5.32 Å². The lowest BCUT2D eigenvalue weighted by Crippen LogP contribution is -2.27. The van der Waals surface area contributed by atoms with Gasteiger partial charge in [-0.1, -0.05) is 0 Å². The summed E-state index contributed by atoms with van der Waals surface area (Å²) in [6, 6.07) is 6.11. The highest BCUT2D eigenvalue weighted by molar-refractivity contribution is 5.94. The zero-order valence-corrected chi connectivity index (χ0v) is 11.8. The van der Waals surface area contributed by atoms with Crippen LogP contribution in [0.1, 0.15) is 28.8 Å². The van der Waals surface area contributed by atoms with Crippen molar-refractivity contribution in [3.63, 3.8) is 0 Å². The molecule has 1 aliphatic rings. The minimum atomic E-state index is -0.0507. The maximum absolute atomic E-state index is 11.6. The van der Waals surface area contributed by atoms with E-state index in [0.29, 0.717) is 11.6 Å². The number of carbonyl (C=O) groups excluding carboxylic acids is 1. The summed E-state index contributed by atoms with van der Waals surface area (Å²) >= 11 is 0. The minimum Gasteiger partial charge on any atom is -0.383 e. The zero-order chi connectivity index (χ0) is 13.8. The number of carbonyl (C=O) groups is 1. The van der Waals surface area contributed by atoms with Crippen molar-refractivity contribution in [3.8, 4) is 0 Å². The van der Waals surface area contributed by atoms with Gasteiger partial charge in [-0.3, -0.25) is 4.79 Å². The number of anilines is 1. The summed E-state index contributed by atoms with van der Waals surface area (Å²) in [6.45, 7) is 2.74. The predicted molar refractivity (Wildman–Crippen MR) is 76.6 cm³/mol. The van der Waals surface area contributed by atoms with Gasteiger partial charge in [-0.15, -0.1) is 0 Å². The monoisotopic (exact) mass is 262 g/mol. The van der Waals surface area contributed by atoms with Crippen LogP contribution in [0.4, 0.5) is 5.69 Å². The second kappa shape index (κ2) is 6.06. The molecule has 104 valence electrons. The molecule has 1 aliphatic carbocycles. The van der Waals surface area contributed by atoms with Crippen LogP contribution in [0.2, 0.25) is 0 Å². The molecule has 0 aliphatic heterocycles. The molecule has 0 heterocycles. The number of nitrogens with one attached hydrogen (secondary N) is 2. The number of hydrogen-bond acceptors (Lipinski definition) is 3. The van der Waals surface area contributed by atoms with E-state index in [0.717, 1.165) is 23.8 Å². The second-order valence-corrected chi connectivity index (χ2v) is 5.15. The average molecular weight is 262 g/mol. The molecule has 1 aromatic rings. The Morgan fingerprint density at radius 2 is 2.21 bits per heavy atom. The molecular formula is C15H22N2O2. The first-order chi connectivity index (χ1) is 9.15. The molecule has 0 saturated heterocycles. The lowest BCUT2D eigenvalue weighted by Gasteiger charge is -2.20. The number of amides is 1. The Morgan fingerprint density at radius 3 is 2.74 bits per heavy atom. The normalized spacial score (nSPS) is 15.9. The number of rotatable bonds is 6. The highest BCUT2D eigenvalue weighted by atomic mass is 16.5. The van der Waals surface area contributed by atoms with E-state index < -0.39 is 0 Å². The van der Waals surface area contributed by atoms with Gasteiger partial charge in [0, 0.05) is 25.4 Å². The fourth-order valence-electron chi connectivity index (χ4n) is 2.28. The average Bonchev–Trinajstić information content (AvgIpc) is 3.23. The summed E-state index contributed by atoms with van der Waals surface area (Å²) in [5.74, 6) is 0.670. The van der Waals surface area contributed by atoms with Crippen molar-refractivity contribution in [2.45, 2.75) is 25.8 Å². The van der Waals surface area contributed by atoms with Gasteiger partial charge in [-0.25, -0.2) is 0 Å². The van der Waals surface area contributed by atoms with Gasteiger partial charge < -0.3 is 15.4 Å². The first kappa shape index (κ1) is 13.9. The Hall–Kier alpha value is -1.55. The van der Waals surface area contributed by atoms with Crippen LogP contribution in [-0.4, -0.2) is 32.7 Å². The third kappa shape index (κ3) is 3.47. The first-order valence-electron chi connectivity index (χ1n) is 6.74. The Balaban J connectivity index is 2.09. The smallest absolute Gasteiger partial charge is 0.251 e. The van der Waals surface area contributed by atoms with Crippen LogP contribution in [0.3, 0.4) is 0 Å². The van der Waals surface area contributed by atoms with E-state index in [1.807, 2.05) is 25.1 Å². The van der Waals surface area contributed by atoms with Gasteiger partial charge in [-0.05, 0) is 49.4 Å². The van der Waals surface area contributed by atoms with Crippen LogP contribution in [0.25, 0.3) is 0 Å². The molecular weight excluding hydrogens is 240 g/mol. The van der Waals surface area contributed by atoms with Crippen LogP contribution >= 0.6 is 0 Å². The summed E-state index contributed by atoms with van der Waals surface area (Å²) < 4.78 is 5.27. The van der Waals surface area contributed by atoms with E-state index in [-0.39, 0.29) is 5.91 Å². The third-order valence-corrected chi connectivity index (χ3v) is 3.59. The zero-order valence-electron chi connectivity index (χ0n) is 11.8. The van der Waals surface area contributed by atoms with Gasteiger partial charge >= 0.3 is 0 Å². The summed E-state index contributed by atoms with van der Waals surface area (Å²) in [4.78, 5) is 11.6. The molecule has 1 atom stereocenters. The minimum absolute atomic E-state index is 0.0507. The maximum atomic E-state index is 11.6. The summed E-state index contributed by atoms with van der Waals surface area (Å²) in [5.41, 5.74) is 2.87. The number of hydrogen-bond donors (Lipinski definition) is 2. The Kier molecular flexibility index (Phi) is 4.43. The van der Waals surface area contributed by atoms with E-state index in [1.165, 1.54) is 12.8 Å². The van der Waals surface area contributed by atoms with Gasteiger partial charge in [-0.2, -0.15) is 0 Å². The fourth-order valence-corrected chi connectivity index (χ4v) is 2.28. The molecule has 1 fully saturated rings. The molecule has 4 nitrogen and oxygen atoms in total. The predicted octanol–water partition coefficient (Wildman–Crippen LogP) is 2.19. The third-order valence-electron chi connectivity index (χ3n) is 3.59. The van der Waals surface area contributed by atoms with Crippen molar-refractivity contribution in [3.05, 3.63) is 29.3 Å². The molecule has 2 rings (SSSR count). The van der Waals surface area contributed by atoms with Crippen LogP contribution in [0, 0.1) is 12.8 Å². The van der Waals surface area contributed by atoms with Gasteiger partial charge in [0.15, 0.2) is 0 Å². The van der Waals surface area contributed by atoms with E-state index in [4.69, 9.17) is 4.74 Å². The number of benzene rings is 1. The first-order valence-corrected chi connectivity index (χ1v) is 6.74. The molecule has 0 radical (unpaired) electrons. The molecule has 1 aromatic carbocycles. The van der Waals surface area contributed by atoms with Crippen LogP contribution in [0.5, 0.6) is 0 Å². The number of ether oxygens (including phenoxy) is 1. The second-order valence-electron chi connectivity index (χ2n) is 5.15. The summed E-state index contributed by atoms with van der Waals surface area (Å²) in [5, 5.41) is 6.18. The van der Waals surface area contributed by atoms with Crippen molar-refractivity contribution in [2.75, 3.05) is 26.1 Å². The van der Waals surface area contributed by atoms with Crippen LogP contribution in [0.15, 0.2) is 18.2 Å². The topological polar surface area (TPSA) is 50.4 Å². The molecule has 0 aromatic heterocycles. The Labute approximate surface area is 114 Å². The fraction of sp³-hybridized carbons (Fsp3) is 0.533. The van der Waals surface area contributed by atoms with Gasteiger partial charge in [0.2, 0.25) is 0 Å². The molecule has 0 spiro atoms. The summed E-state index contributed by atoms with van der Waals surface area (Å²) in [7, 11) is 3.38. The Bertz CT molecular complexity index is 455. The van der Waals surface area contributed by atoms with E-state index in [1.54, 1.807) is 14.2 Å². The molecule has 19 heavy (non-hydrogen) atoms. The largest absolute Gasteiger partial charge is 0.383 e. The number of aryl methyl sites for hydroxylation is 1. The maximum Gasteiger partial charge on any atom is 0.251 e. The van der Waals surface area contributed by atoms with Crippen molar-refractivity contribution < 1.29 is 9.53 Å². The molecule has 4 heteroatoms. The van der Waals surface area contributed by atoms with E-state index in [2.05, 4.69) is 10.6 Å². The number of methoxy groups -OCH3 is 1. The molecule has 1 unspecified atom stereocenters. The standard InChI is InChI=1S/C15H22N2O2/c1-10-8-12(15(18)16-2)6-7-13(10)17-14(9-19-3)11-4-5-11/h6-8,11,14,17H,4-5,9H2,1-3H3,(H,16,18). The molecule has 0 bridgehead atoms. The van der Waals surface area contributed by atoms with Crippen molar-refractivity contribution in [1.29, 1.82) is 0 Å². The highest BCUT2D eigenvalue weighted by Gasteiger charge is 2.31. The van der Waals surface area contributed by atoms with E-state index >= 15 is 0 Å². The van der Waals surface area contributed by atoms with Crippen molar-refractivity contribution in [2.24, 2.45) is 5.92 Å². The van der Waals surface area contributed by atoms with E-state index in [9.17, 15) is 4.79 Å². The van der Waals surface area contributed by atoms with Gasteiger partial charge in [0.25, 0.3) is 5.91 Å². The highest BCUT2D eigenvalue weighted by Crippen LogP contribution is 2.34. The molecule has 2 N–H and O–H groups in total. The SMILES string of the molecule is CNC(=O)c1ccc(NC(COC)C2CC2)c(C)c1. The van der Waals surface area contributed by atoms with Gasteiger partial charge in [0.1, 0.15) is 0 Å². The lowest BCUT2D eigenvalue weighted by molar-refractivity contribution is 0.0963. The summed E-state index contributed by atoms with van der Waals surface area (Å²) in [6.07, 6.45) is 2.55. The molecule has 1 saturated carbocycles. The Morgan fingerprint density at radius 1 is 1.47 bits per heavy atom. The van der Waals surface area contributed by atoms with Crippen molar-refractivity contribution >= 4 is 11.6 Å². The van der Waals surface area contributed by atoms with Gasteiger partial charge in [0.05, 0.1) is 12.6 Å². The molecule has 1 amide bonds. The lowest BCUT2D eigenvalue weighted by atomic mass is 10.1.